The van der Waals surface area contributed by atoms with E-state index in [1.165, 1.54) is 29.2 Å². The molecule has 31 heavy (non-hydrogen) atoms. The number of anilines is 1. The van der Waals surface area contributed by atoms with Crippen LogP contribution in [0.15, 0.2) is 83.8 Å². The lowest BCUT2D eigenvalue weighted by molar-refractivity contribution is -0.125. The Hall–Kier alpha value is -3.16. The summed E-state index contributed by atoms with van der Waals surface area (Å²) in [5.74, 6) is -0.673. The van der Waals surface area contributed by atoms with Crippen LogP contribution in [-0.4, -0.2) is 26.3 Å². The van der Waals surface area contributed by atoms with E-state index in [-0.39, 0.29) is 28.9 Å². The van der Waals surface area contributed by atoms with Gasteiger partial charge in [0.2, 0.25) is 5.91 Å². The SMILES string of the molecule is CN(Cc1ccccc1F)C(=O)/C=C/c1ccc(S(=O)(=O)Nc2ccccc2Cl)cc1. The number of nitrogens with zero attached hydrogens (tertiary/aromatic N) is 1. The molecule has 3 aromatic rings. The first kappa shape index (κ1) is 22.5. The Labute approximate surface area is 185 Å². The van der Waals surface area contributed by atoms with Crippen LogP contribution in [0.1, 0.15) is 11.1 Å². The van der Waals surface area contributed by atoms with Crippen molar-refractivity contribution in [2.24, 2.45) is 0 Å². The molecule has 0 aliphatic heterocycles. The van der Waals surface area contributed by atoms with Gasteiger partial charge in [0.15, 0.2) is 0 Å². The first-order chi connectivity index (χ1) is 14.8. The second-order valence-electron chi connectivity index (χ2n) is 6.77. The molecule has 0 heterocycles. The Morgan fingerprint density at radius 2 is 1.68 bits per heavy atom. The molecule has 0 bridgehead atoms. The van der Waals surface area contributed by atoms with Gasteiger partial charge in [-0.15, -0.1) is 0 Å². The molecule has 1 amide bonds. The standard InChI is InChI=1S/C23H20ClFN2O3S/c1-27(16-18-6-2-4-8-21(18)25)23(28)15-12-17-10-13-19(14-11-17)31(29,30)26-22-9-5-3-7-20(22)24/h2-15,26H,16H2,1H3/b15-12+. The van der Waals surface area contributed by atoms with Gasteiger partial charge in [0.1, 0.15) is 5.82 Å². The quantitative estimate of drug-likeness (QED) is 0.509. The molecule has 3 rings (SSSR count). The summed E-state index contributed by atoms with van der Waals surface area (Å²) in [4.78, 5) is 13.7. The van der Waals surface area contributed by atoms with Crippen molar-refractivity contribution in [1.82, 2.24) is 4.90 Å². The lowest BCUT2D eigenvalue weighted by Crippen LogP contribution is -2.24. The molecule has 0 spiro atoms. The maximum atomic E-state index is 13.7. The minimum absolute atomic E-state index is 0.0626. The number of sulfonamides is 1. The highest BCUT2D eigenvalue weighted by Gasteiger charge is 2.15. The fourth-order valence-electron chi connectivity index (χ4n) is 2.76. The number of carbonyl (C=O) groups is 1. The van der Waals surface area contributed by atoms with Crippen LogP contribution < -0.4 is 4.72 Å². The second kappa shape index (κ2) is 9.76. The van der Waals surface area contributed by atoms with Gasteiger partial charge in [0, 0.05) is 25.2 Å². The van der Waals surface area contributed by atoms with E-state index in [2.05, 4.69) is 4.72 Å². The van der Waals surface area contributed by atoms with Crippen molar-refractivity contribution in [3.05, 3.63) is 101 Å². The van der Waals surface area contributed by atoms with Crippen molar-refractivity contribution in [3.8, 4) is 0 Å². The summed E-state index contributed by atoms with van der Waals surface area (Å²) in [5, 5.41) is 0.295. The average Bonchev–Trinajstić information content (AvgIpc) is 2.75. The third-order valence-corrected chi connectivity index (χ3v) is 6.18. The Morgan fingerprint density at radius 1 is 1.03 bits per heavy atom. The number of amides is 1. The number of hydrogen-bond donors (Lipinski definition) is 1. The molecule has 8 heteroatoms. The summed E-state index contributed by atoms with van der Waals surface area (Å²) in [5.41, 5.74) is 1.35. The normalized spacial score (nSPS) is 11.5. The van der Waals surface area contributed by atoms with E-state index >= 15 is 0 Å². The molecule has 0 saturated heterocycles. The van der Waals surface area contributed by atoms with Crippen LogP contribution in [0.2, 0.25) is 5.02 Å². The summed E-state index contributed by atoms with van der Waals surface area (Å²) in [6, 6.07) is 18.9. The third kappa shape index (κ3) is 5.93. The van der Waals surface area contributed by atoms with Crippen LogP contribution in [0.5, 0.6) is 0 Å². The second-order valence-corrected chi connectivity index (χ2v) is 8.86. The lowest BCUT2D eigenvalue weighted by atomic mass is 10.2. The monoisotopic (exact) mass is 458 g/mol. The molecule has 0 fully saturated rings. The van der Waals surface area contributed by atoms with Crippen LogP contribution in [0.25, 0.3) is 6.08 Å². The summed E-state index contributed by atoms with van der Waals surface area (Å²) >= 11 is 6.01. The molecule has 5 nitrogen and oxygen atoms in total. The van der Waals surface area contributed by atoms with Crippen LogP contribution in [0.3, 0.4) is 0 Å². The zero-order valence-corrected chi connectivity index (χ0v) is 18.2. The fourth-order valence-corrected chi connectivity index (χ4v) is 4.08. The number of nitrogens with one attached hydrogen (secondary N) is 1. The van der Waals surface area contributed by atoms with Gasteiger partial charge < -0.3 is 4.90 Å². The van der Waals surface area contributed by atoms with Gasteiger partial charge in [-0.3, -0.25) is 9.52 Å². The minimum Gasteiger partial charge on any atom is -0.338 e. The Kier molecular flexibility index (Phi) is 7.09. The number of benzene rings is 3. The smallest absolute Gasteiger partial charge is 0.261 e. The molecule has 0 aromatic heterocycles. The highest BCUT2D eigenvalue weighted by atomic mass is 35.5. The van der Waals surface area contributed by atoms with Gasteiger partial charge >= 0.3 is 0 Å². The van der Waals surface area contributed by atoms with Crippen LogP contribution in [-0.2, 0) is 21.4 Å². The van der Waals surface area contributed by atoms with Gasteiger partial charge in [-0.05, 0) is 42.0 Å². The minimum atomic E-state index is -3.81. The molecule has 0 unspecified atom stereocenters. The highest BCUT2D eigenvalue weighted by molar-refractivity contribution is 7.92. The van der Waals surface area contributed by atoms with E-state index in [9.17, 15) is 17.6 Å². The lowest BCUT2D eigenvalue weighted by Gasteiger charge is -2.15. The van der Waals surface area contributed by atoms with Gasteiger partial charge in [-0.2, -0.15) is 0 Å². The van der Waals surface area contributed by atoms with Crippen molar-refractivity contribution in [2.45, 2.75) is 11.4 Å². The molecule has 160 valence electrons. The van der Waals surface area contributed by atoms with Gasteiger partial charge in [-0.1, -0.05) is 54.1 Å². The van der Waals surface area contributed by atoms with E-state index in [1.54, 1.807) is 67.7 Å². The molecular formula is C23H20ClFN2O3S. The fraction of sp³-hybridized carbons (Fsp3) is 0.0870. The molecular weight excluding hydrogens is 439 g/mol. The van der Waals surface area contributed by atoms with E-state index in [1.807, 2.05) is 0 Å². The Bertz CT molecular complexity index is 1210. The van der Waals surface area contributed by atoms with Crippen LogP contribution in [0.4, 0.5) is 10.1 Å². The van der Waals surface area contributed by atoms with Crippen molar-refractivity contribution >= 4 is 39.3 Å². The molecule has 3 aromatic carbocycles. The molecule has 0 aliphatic rings. The zero-order valence-electron chi connectivity index (χ0n) is 16.6. The largest absolute Gasteiger partial charge is 0.338 e. The maximum Gasteiger partial charge on any atom is 0.261 e. The molecule has 0 atom stereocenters. The molecule has 1 N–H and O–H groups in total. The highest BCUT2D eigenvalue weighted by Crippen LogP contribution is 2.24. The maximum absolute atomic E-state index is 13.7. The first-order valence-corrected chi connectivity index (χ1v) is 11.2. The van der Waals surface area contributed by atoms with Gasteiger partial charge in [0.25, 0.3) is 10.0 Å². The number of carbonyl (C=O) groups excluding carboxylic acids is 1. The summed E-state index contributed by atoms with van der Waals surface area (Å²) in [6.45, 7) is 0.140. The average molecular weight is 459 g/mol. The summed E-state index contributed by atoms with van der Waals surface area (Å²) in [7, 11) is -2.23. The third-order valence-electron chi connectivity index (χ3n) is 4.47. The number of halogens is 2. The van der Waals surface area contributed by atoms with Crippen molar-refractivity contribution in [3.63, 3.8) is 0 Å². The van der Waals surface area contributed by atoms with E-state index < -0.39 is 10.0 Å². The Balaban J connectivity index is 1.65. The van der Waals surface area contributed by atoms with E-state index in [4.69, 9.17) is 11.6 Å². The van der Waals surface area contributed by atoms with Crippen molar-refractivity contribution in [2.75, 3.05) is 11.8 Å². The first-order valence-electron chi connectivity index (χ1n) is 9.30. The van der Waals surface area contributed by atoms with E-state index in [0.29, 0.717) is 16.1 Å². The predicted octanol–water partition coefficient (Wildman–Crippen LogP) is 4.95. The zero-order chi connectivity index (χ0) is 22.4. The number of rotatable bonds is 7. The molecule has 0 aliphatic carbocycles. The van der Waals surface area contributed by atoms with Crippen LogP contribution in [0, 0.1) is 5.82 Å². The van der Waals surface area contributed by atoms with Gasteiger partial charge in [0.05, 0.1) is 15.6 Å². The molecule has 0 radical (unpaired) electrons. The van der Waals surface area contributed by atoms with Crippen molar-refractivity contribution < 1.29 is 17.6 Å². The van der Waals surface area contributed by atoms with Crippen LogP contribution >= 0.6 is 11.6 Å². The number of hydrogen-bond acceptors (Lipinski definition) is 3. The molecule has 0 saturated carbocycles. The topological polar surface area (TPSA) is 66.5 Å². The van der Waals surface area contributed by atoms with E-state index in [0.717, 1.165) is 0 Å². The number of likely N-dealkylation sites (N-methyl/N-ethyl adjacent to an activating group) is 1. The predicted molar refractivity (Wildman–Crippen MR) is 121 cm³/mol. The van der Waals surface area contributed by atoms with Crippen molar-refractivity contribution in [1.29, 1.82) is 0 Å². The summed E-state index contributed by atoms with van der Waals surface area (Å²) in [6.07, 6.45) is 2.92. The number of para-hydroxylation sites is 1. The Morgan fingerprint density at radius 3 is 2.35 bits per heavy atom. The van der Waals surface area contributed by atoms with Gasteiger partial charge in [-0.25, -0.2) is 12.8 Å². The summed E-state index contributed by atoms with van der Waals surface area (Å²) < 4.78 is 41.3.